The van der Waals surface area contributed by atoms with E-state index >= 15 is 0 Å². The summed E-state index contributed by atoms with van der Waals surface area (Å²) in [4.78, 5) is 12.2. The molecule has 0 aliphatic heterocycles. The summed E-state index contributed by atoms with van der Waals surface area (Å²) in [7, 11) is 0. The van der Waals surface area contributed by atoms with Crippen molar-refractivity contribution in [1.29, 1.82) is 0 Å². The van der Waals surface area contributed by atoms with Crippen LogP contribution in [-0.4, -0.2) is 5.78 Å². The second-order valence-electron chi connectivity index (χ2n) is 4.85. The largest absolute Gasteiger partial charge is 0.416 e. The Kier molecular flexibility index (Phi) is 4.26. The second kappa shape index (κ2) is 5.77. The van der Waals surface area contributed by atoms with Crippen molar-refractivity contribution in [2.75, 3.05) is 0 Å². The van der Waals surface area contributed by atoms with Gasteiger partial charge in [0.2, 0.25) is 0 Å². The van der Waals surface area contributed by atoms with Gasteiger partial charge < -0.3 is 0 Å². The first kappa shape index (κ1) is 14.8. The van der Waals surface area contributed by atoms with Gasteiger partial charge in [0.15, 0.2) is 5.78 Å². The van der Waals surface area contributed by atoms with Crippen LogP contribution in [0.15, 0.2) is 29.8 Å². The zero-order chi connectivity index (χ0) is 14.8. The molecule has 0 N–H and O–H groups in total. The standard InChI is InChI=1S/C15H14F4O/c16-13-8-7-11(15(17,18)19)9-12(13)14(20)10-5-3-1-2-4-6-10/h5,7-9H,1-4,6H2. The molecule has 0 saturated heterocycles. The third-order valence-electron chi connectivity index (χ3n) is 3.37. The Balaban J connectivity index is 2.36. The van der Waals surface area contributed by atoms with Crippen LogP contribution in [0.25, 0.3) is 0 Å². The number of Topliss-reactive ketones (excluding diaryl/α,β-unsaturated/α-hetero) is 1. The van der Waals surface area contributed by atoms with Crippen LogP contribution in [0, 0.1) is 5.82 Å². The lowest BCUT2D eigenvalue weighted by atomic mass is 9.97. The van der Waals surface area contributed by atoms with Gasteiger partial charge in [-0.2, -0.15) is 13.2 Å². The van der Waals surface area contributed by atoms with Gasteiger partial charge in [0, 0.05) is 0 Å². The van der Waals surface area contributed by atoms with Crippen LogP contribution in [0.1, 0.15) is 48.0 Å². The average Bonchev–Trinajstić information content (AvgIpc) is 2.66. The molecule has 20 heavy (non-hydrogen) atoms. The number of benzene rings is 1. The second-order valence-corrected chi connectivity index (χ2v) is 4.85. The van der Waals surface area contributed by atoms with E-state index in [2.05, 4.69) is 0 Å². The minimum Gasteiger partial charge on any atom is -0.289 e. The zero-order valence-corrected chi connectivity index (χ0v) is 10.8. The van der Waals surface area contributed by atoms with Crippen LogP contribution in [0.3, 0.4) is 0 Å². The lowest BCUT2D eigenvalue weighted by molar-refractivity contribution is -0.137. The van der Waals surface area contributed by atoms with E-state index in [1.54, 1.807) is 6.08 Å². The van der Waals surface area contributed by atoms with Gasteiger partial charge in [0.05, 0.1) is 11.1 Å². The molecule has 1 aliphatic carbocycles. The summed E-state index contributed by atoms with van der Waals surface area (Å²) in [5, 5.41) is 0. The van der Waals surface area contributed by atoms with Gasteiger partial charge >= 0.3 is 6.18 Å². The van der Waals surface area contributed by atoms with Crippen LogP contribution in [-0.2, 0) is 6.18 Å². The molecule has 1 aromatic carbocycles. The molecule has 108 valence electrons. The van der Waals surface area contributed by atoms with Crippen LogP contribution in [0.2, 0.25) is 0 Å². The fourth-order valence-corrected chi connectivity index (χ4v) is 2.27. The van der Waals surface area contributed by atoms with Gasteiger partial charge in [0.25, 0.3) is 0 Å². The first-order chi connectivity index (χ1) is 9.39. The highest BCUT2D eigenvalue weighted by Gasteiger charge is 2.32. The van der Waals surface area contributed by atoms with E-state index in [0.717, 1.165) is 19.3 Å². The van der Waals surface area contributed by atoms with E-state index < -0.39 is 28.9 Å². The highest BCUT2D eigenvalue weighted by molar-refractivity contribution is 6.09. The molecule has 0 radical (unpaired) electrons. The molecule has 5 heteroatoms. The van der Waals surface area contributed by atoms with Gasteiger partial charge in [-0.15, -0.1) is 0 Å². The lowest BCUT2D eigenvalue weighted by Gasteiger charge is -2.10. The van der Waals surface area contributed by atoms with Crippen molar-refractivity contribution in [3.63, 3.8) is 0 Å². The van der Waals surface area contributed by atoms with Crippen molar-refractivity contribution < 1.29 is 22.4 Å². The van der Waals surface area contributed by atoms with Crippen LogP contribution in [0.4, 0.5) is 17.6 Å². The van der Waals surface area contributed by atoms with Crippen molar-refractivity contribution in [3.05, 3.63) is 46.8 Å². The molecule has 1 nitrogen and oxygen atoms in total. The minimum absolute atomic E-state index is 0.417. The molecule has 2 rings (SSSR count). The number of carbonyl (C=O) groups is 1. The number of ketones is 1. The maximum absolute atomic E-state index is 13.6. The molecule has 1 aromatic rings. The molecule has 0 bridgehead atoms. The van der Waals surface area contributed by atoms with Crippen molar-refractivity contribution in [1.82, 2.24) is 0 Å². The average molecular weight is 286 g/mol. The normalized spacial score (nSPS) is 16.5. The molecule has 0 unspecified atom stereocenters. The Bertz CT molecular complexity index is 543. The summed E-state index contributed by atoms with van der Waals surface area (Å²) in [5.41, 5.74) is -1.08. The van der Waals surface area contributed by atoms with Crippen LogP contribution in [0.5, 0.6) is 0 Å². The number of alkyl halides is 3. The number of rotatable bonds is 2. The first-order valence-electron chi connectivity index (χ1n) is 6.50. The SMILES string of the molecule is O=C(C1=CCCCCC1)c1cc(C(F)(F)F)ccc1F. The first-order valence-corrected chi connectivity index (χ1v) is 6.50. The van der Waals surface area contributed by atoms with E-state index in [9.17, 15) is 22.4 Å². The summed E-state index contributed by atoms with van der Waals surface area (Å²) < 4.78 is 51.5. The predicted octanol–water partition coefficient (Wildman–Crippen LogP) is 4.92. The fraction of sp³-hybridized carbons (Fsp3) is 0.400. The maximum atomic E-state index is 13.6. The summed E-state index contributed by atoms with van der Waals surface area (Å²) >= 11 is 0. The van der Waals surface area contributed by atoms with Crippen molar-refractivity contribution >= 4 is 5.78 Å². The third-order valence-corrected chi connectivity index (χ3v) is 3.37. The fourth-order valence-electron chi connectivity index (χ4n) is 2.27. The van der Waals surface area contributed by atoms with E-state index in [1.165, 1.54) is 0 Å². The van der Waals surface area contributed by atoms with E-state index in [0.29, 0.717) is 36.6 Å². The molecular formula is C15H14F4O. The Labute approximate surface area is 114 Å². The van der Waals surface area contributed by atoms with Gasteiger partial charge in [-0.1, -0.05) is 12.5 Å². The van der Waals surface area contributed by atoms with Crippen LogP contribution < -0.4 is 0 Å². The molecule has 1 aliphatic rings. The highest BCUT2D eigenvalue weighted by atomic mass is 19.4. The van der Waals surface area contributed by atoms with E-state index in [-0.39, 0.29) is 0 Å². The molecule has 0 amide bonds. The molecule has 0 spiro atoms. The quantitative estimate of drug-likeness (QED) is 0.557. The number of hydrogen-bond acceptors (Lipinski definition) is 1. The highest BCUT2D eigenvalue weighted by Crippen LogP contribution is 2.31. The van der Waals surface area contributed by atoms with Crippen LogP contribution >= 0.6 is 0 Å². The van der Waals surface area contributed by atoms with Gasteiger partial charge in [-0.3, -0.25) is 4.79 Å². The minimum atomic E-state index is -4.58. The summed E-state index contributed by atoms with van der Waals surface area (Å²) in [5.74, 6) is -1.54. The van der Waals surface area contributed by atoms with Gasteiger partial charge in [0.1, 0.15) is 5.82 Å². The maximum Gasteiger partial charge on any atom is 0.416 e. The summed E-state index contributed by atoms with van der Waals surface area (Å²) in [6.45, 7) is 0. The molecule has 0 heterocycles. The third kappa shape index (κ3) is 3.26. The van der Waals surface area contributed by atoms with Crippen molar-refractivity contribution in [3.8, 4) is 0 Å². The summed E-state index contributed by atoms with van der Waals surface area (Å²) in [6.07, 6.45) is 1.06. The molecule has 0 fully saturated rings. The zero-order valence-electron chi connectivity index (χ0n) is 10.8. The Morgan fingerprint density at radius 1 is 1.10 bits per heavy atom. The lowest BCUT2D eigenvalue weighted by Crippen LogP contribution is -2.11. The summed E-state index contributed by atoms with van der Waals surface area (Å²) in [6, 6.07) is 1.95. The number of halogens is 4. The molecule has 0 saturated carbocycles. The van der Waals surface area contributed by atoms with Gasteiger partial charge in [-0.25, -0.2) is 4.39 Å². The Morgan fingerprint density at radius 3 is 2.55 bits per heavy atom. The number of hydrogen-bond donors (Lipinski definition) is 0. The van der Waals surface area contributed by atoms with Gasteiger partial charge in [-0.05, 0) is 49.5 Å². The Hall–Kier alpha value is -1.65. The monoisotopic (exact) mass is 286 g/mol. The Morgan fingerprint density at radius 2 is 1.85 bits per heavy atom. The van der Waals surface area contributed by atoms with Crippen molar-refractivity contribution in [2.24, 2.45) is 0 Å². The molecule has 0 aromatic heterocycles. The predicted molar refractivity (Wildman–Crippen MR) is 66.9 cm³/mol. The number of carbonyl (C=O) groups excluding carboxylic acids is 1. The topological polar surface area (TPSA) is 17.1 Å². The van der Waals surface area contributed by atoms with E-state index in [4.69, 9.17) is 0 Å². The smallest absolute Gasteiger partial charge is 0.289 e. The molecular weight excluding hydrogens is 272 g/mol. The number of allylic oxidation sites excluding steroid dienone is 2. The van der Waals surface area contributed by atoms with Crippen molar-refractivity contribution in [2.45, 2.75) is 38.3 Å². The molecule has 0 atom stereocenters. The van der Waals surface area contributed by atoms with E-state index in [1.807, 2.05) is 0 Å².